The number of aromatic amines is 1. The van der Waals surface area contributed by atoms with E-state index in [0.29, 0.717) is 5.65 Å². The first-order chi connectivity index (χ1) is 7.83. The first kappa shape index (κ1) is 9.47. The first-order valence-electron chi connectivity index (χ1n) is 4.74. The fraction of sp³-hybridized carbons (Fsp3) is 0. The molecule has 0 bridgehead atoms. The van der Waals surface area contributed by atoms with Crippen LogP contribution in [0.1, 0.15) is 0 Å². The van der Waals surface area contributed by atoms with Crippen LogP contribution in [0.25, 0.3) is 22.6 Å². The number of halogens is 1. The molecular formula is C11H7BrN4. The molecule has 0 saturated heterocycles. The summed E-state index contributed by atoms with van der Waals surface area (Å²) in [5.41, 5.74) is 2.56. The predicted octanol–water partition coefficient (Wildman–Crippen LogP) is 2.78. The van der Waals surface area contributed by atoms with Gasteiger partial charge in [0.2, 0.25) is 0 Å². The van der Waals surface area contributed by atoms with Crippen molar-refractivity contribution in [3.8, 4) is 11.4 Å². The third-order valence-electron chi connectivity index (χ3n) is 2.28. The molecule has 0 radical (unpaired) electrons. The van der Waals surface area contributed by atoms with Gasteiger partial charge in [-0.3, -0.25) is 0 Å². The fourth-order valence-corrected chi connectivity index (χ4v) is 1.77. The van der Waals surface area contributed by atoms with Crippen molar-refractivity contribution in [3.05, 3.63) is 41.3 Å². The number of nitrogens with zero attached hydrogens (tertiary/aromatic N) is 3. The molecule has 78 valence electrons. The summed E-state index contributed by atoms with van der Waals surface area (Å²) in [7, 11) is 0. The molecular weight excluding hydrogens is 268 g/mol. The molecule has 0 amide bonds. The van der Waals surface area contributed by atoms with Gasteiger partial charge in [-0.2, -0.15) is 0 Å². The SMILES string of the molecule is Brc1ccc(-c2nc3ncncc3[nH]2)cc1. The lowest BCUT2D eigenvalue weighted by atomic mass is 10.2. The number of fused-ring (bicyclic) bond motifs is 1. The van der Waals surface area contributed by atoms with Gasteiger partial charge in [0.15, 0.2) is 5.65 Å². The van der Waals surface area contributed by atoms with Gasteiger partial charge in [0.1, 0.15) is 17.7 Å². The number of hydrogen-bond donors (Lipinski definition) is 1. The second-order valence-corrected chi connectivity index (χ2v) is 4.27. The first-order valence-corrected chi connectivity index (χ1v) is 5.54. The molecule has 5 heteroatoms. The largest absolute Gasteiger partial charge is 0.335 e. The summed E-state index contributed by atoms with van der Waals surface area (Å²) in [6.45, 7) is 0. The summed E-state index contributed by atoms with van der Waals surface area (Å²) < 4.78 is 1.05. The topological polar surface area (TPSA) is 54.5 Å². The highest BCUT2D eigenvalue weighted by molar-refractivity contribution is 9.10. The third-order valence-corrected chi connectivity index (χ3v) is 2.81. The fourth-order valence-electron chi connectivity index (χ4n) is 1.51. The Balaban J connectivity index is 2.15. The minimum Gasteiger partial charge on any atom is -0.335 e. The molecule has 1 N–H and O–H groups in total. The number of nitrogens with one attached hydrogen (secondary N) is 1. The summed E-state index contributed by atoms with van der Waals surface area (Å²) in [5, 5.41) is 0. The van der Waals surface area contributed by atoms with Crippen LogP contribution in [0.15, 0.2) is 41.3 Å². The smallest absolute Gasteiger partial charge is 0.181 e. The van der Waals surface area contributed by atoms with E-state index in [1.54, 1.807) is 6.20 Å². The molecule has 4 nitrogen and oxygen atoms in total. The van der Waals surface area contributed by atoms with Gasteiger partial charge in [-0.25, -0.2) is 15.0 Å². The lowest BCUT2D eigenvalue weighted by Crippen LogP contribution is -1.79. The number of hydrogen-bond acceptors (Lipinski definition) is 3. The van der Waals surface area contributed by atoms with E-state index < -0.39 is 0 Å². The van der Waals surface area contributed by atoms with Crippen LogP contribution in [0, 0.1) is 0 Å². The Labute approximate surface area is 99.9 Å². The molecule has 3 aromatic rings. The molecule has 0 aliphatic heterocycles. The lowest BCUT2D eigenvalue weighted by molar-refractivity contribution is 1.20. The van der Waals surface area contributed by atoms with Crippen LogP contribution in [0.5, 0.6) is 0 Å². The Bertz CT molecular complexity index is 597. The molecule has 0 aliphatic rings. The zero-order valence-corrected chi connectivity index (χ0v) is 9.77. The lowest BCUT2D eigenvalue weighted by Gasteiger charge is -1.95. The number of benzene rings is 1. The van der Waals surface area contributed by atoms with Gasteiger partial charge in [0.25, 0.3) is 0 Å². The molecule has 0 fully saturated rings. The van der Waals surface area contributed by atoms with Gasteiger partial charge < -0.3 is 4.98 Å². The molecule has 0 aliphatic carbocycles. The highest BCUT2D eigenvalue weighted by atomic mass is 79.9. The van der Waals surface area contributed by atoms with Crippen molar-refractivity contribution in [2.45, 2.75) is 0 Å². The van der Waals surface area contributed by atoms with Gasteiger partial charge in [0, 0.05) is 10.0 Å². The number of imidazole rings is 1. The van der Waals surface area contributed by atoms with Crippen molar-refractivity contribution in [2.75, 3.05) is 0 Å². The summed E-state index contributed by atoms with van der Waals surface area (Å²) in [4.78, 5) is 15.6. The molecule has 1 aromatic carbocycles. The Hall–Kier alpha value is -1.75. The summed E-state index contributed by atoms with van der Waals surface area (Å²) >= 11 is 3.40. The van der Waals surface area contributed by atoms with Crippen LogP contribution in [0.2, 0.25) is 0 Å². The second kappa shape index (κ2) is 3.68. The average molecular weight is 275 g/mol. The van der Waals surface area contributed by atoms with Crippen LogP contribution in [-0.2, 0) is 0 Å². The molecule has 0 unspecified atom stereocenters. The van der Waals surface area contributed by atoms with Gasteiger partial charge in [-0.15, -0.1) is 0 Å². The van der Waals surface area contributed by atoms with Crippen LogP contribution in [-0.4, -0.2) is 19.9 Å². The van der Waals surface area contributed by atoms with E-state index in [4.69, 9.17) is 0 Å². The molecule has 16 heavy (non-hydrogen) atoms. The zero-order valence-electron chi connectivity index (χ0n) is 8.18. The summed E-state index contributed by atoms with van der Waals surface area (Å²) in [5.74, 6) is 0.808. The van der Waals surface area contributed by atoms with Gasteiger partial charge in [-0.1, -0.05) is 28.1 Å². The maximum atomic E-state index is 4.39. The quantitative estimate of drug-likeness (QED) is 0.743. The van der Waals surface area contributed by atoms with Crippen molar-refractivity contribution < 1.29 is 0 Å². The number of aromatic nitrogens is 4. The van der Waals surface area contributed by atoms with E-state index in [0.717, 1.165) is 21.4 Å². The molecule has 0 atom stereocenters. The second-order valence-electron chi connectivity index (χ2n) is 3.35. The maximum Gasteiger partial charge on any atom is 0.181 e. The van der Waals surface area contributed by atoms with Crippen LogP contribution >= 0.6 is 15.9 Å². The maximum absolute atomic E-state index is 4.39. The monoisotopic (exact) mass is 274 g/mol. The normalized spacial score (nSPS) is 10.8. The Morgan fingerprint density at radius 1 is 1.12 bits per heavy atom. The predicted molar refractivity (Wildman–Crippen MR) is 64.8 cm³/mol. The Morgan fingerprint density at radius 3 is 2.69 bits per heavy atom. The summed E-state index contributed by atoms with van der Waals surface area (Å²) in [6, 6.07) is 7.95. The Morgan fingerprint density at radius 2 is 1.94 bits per heavy atom. The van der Waals surface area contributed by atoms with Crippen LogP contribution in [0.3, 0.4) is 0 Å². The Kier molecular flexibility index (Phi) is 2.18. The average Bonchev–Trinajstić information content (AvgIpc) is 2.73. The minimum absolute atomic E-state index is 0.688. The van der Waals surface area contributed by atoms with Gasteiger partial charge >= 0.3 is 0 Å². The molecule has 2 aromatic heterocycles. The molecule has 0 spiro atoms. The van der Waals surface area contributed by atoms with Gasteiger partial charge in [-0.05, 0) is 12.1 Å². The van der Waals surface area contributed by atoms with Crippen molar-refractivity contribution in [2.24, 2.45) is 0 Å². The van der Waals surface area contributed by atoms with E-state index in [9.17, 15) is 0 Å². The van der Waals surface area contributed by atoms with Crippen molar-refractivity contribution >= 4 is 27.1 Å². The zero-order chi connectivity index (χ0) is 11.0. The van der Waals surface area contributed by atoms with E-state index in [2.05, 4.69) is 35.9 Å². The number of rotatable bonds is 1. The summed E-state index contributed by atoms with van der Waals surface area (Å²) in [6.07, 6.45) is 3.21. The van der Waals surface area contributed by atoms with E-state index in [1.807, 2.05) is 24.3 Å². The van der Waals surface area contributed by atoms with Crippen molar-refractivity contribution in [1.82, 2.24) is 19.9 Å². The van der Waals surface area contributed by atoms with Crippen LogP contribution < -0.4 is 0 Å². The van der Waals surface area contributed by atoms with Crippen LogP contribution in [0.4, 0.5) is 0 Å². The highest BCUT2D eigenvalue weighted by Crippen LogP contribution is 2.20. The van der Waals surface area contributed by atoms with E-state index >= 15 is 0 Å². The minimum atomic E-state index is 0.688. The van der Waals surface area contributed by atoms with Crippen molar-refractivity contribution in [3.63, 3.8) is 0 Å². The van der Waals surface area contributed by atoms with Crippen molar-refractivity contribution in [1.29, 1.82) is 0 Å². The van der Waals surface area contributed by atoms with E-state index in [1.165, 1.54) is 6.33 Å². The highest BCUT2D eigenvalue weighted by Gasteiger charge is 2.05. The molecule has 3 rings (SSSR count). The standard InChI is InChI=1S/C11H7BrN4/c12-8-3-1-7(2-4-8)10-15-9-5-13-6-14-11(9)16-10/h1-6H,(H,13,14,15,16). The number of H-pyrrole nitrogens is 1. The molecule has 0 saturated carbocycles. The third kappa shape index (κ3) is 1.59. The van der Waals surface area contributed by atoms with E-state index in [-0.39, 0.29) is 0 Å². The molecule has 2 heterocycles. The van der Waals surface area contributed by atoms with Gasteiger partial charge in [0.05, 0.1) is 6.20 Å².